The highest BCUT2D eigenvalue weighted by Gasteiger charge is 2.24. The third-order valence-electron chi connectivity index (χ3n) is 4.22. The average Bonchev–Trinajstić information content (AvgIpc) is 3.08. The second-order valence-corrected chi connectivity index (χ2v) is 7.36. The largest absolute Gasteiger partial charge is 0.491 e. The van der Waals surface area contributed by atoms with Gasteiger partial charge in [0, 0.05) is 31.9 Å². The molecule has 2 rings (SSSR count). The van der Waals surface area contributed by atoms with Crippen LogP contribution in [0.3, 0.4) is 0 Å². The van der Waals surface area contributed by atoms with Crippen LogP contribution >= 0.6 is 24.0 Å². The van der Waals surface area contributed by atoms with Crippen molar-refractivity contribution in [3.8, 4) is 5.75 Å². The summed E-state index contributed by atoms with van der Waals surface area (Å²) in [5.74, 6) is 1.57. The Morgan fingerprint density at radius 2 is 1.97 bits per heavy atom. The lowest BCUT2D eigenvalue weighted by Crippen LogP contribution is -2.39. The third kappa shape index (κ3) is 8.61. The van der Waals surface area contributed by atoms with Gasteiger partial charge in [0.2, 0.25) is 0 Å². The van der Waals surface area contributed by atoms with Gasteiger partial charge in [-0.05, 0) is 51.8 Å². The molecule has 2 aromatic rings. The zero-order valence-electron chi connectivity index (χ0n) is 18.0. The van der Waals surface area contributed by atoms with Crippen LogP contribution < -0.4 is 15.4 Å². The number of benzene rings is 1. The maximum Gasteiger partial charge on any atom is 0.191 e. The van der Waals surface area contributed by atoms with E-state index in [0.29, 0.717) is 5.96 Å². The Kier molecular flexibility index (Phi) is 10.5. The standard InChI is InChI=1S/C21H33N5O2.HI/c1-6-22-20(24-15-21(4,27)18-13-25-26(5)14-18)23-12-11-17-7-9-19(10-8-17)28-16(2)3;/h7-10,13-14,16,27H,6,11-12,15H2,1-5H3,(H2,22,23,24);1H. The zero-order chi connectivity index (χ0) is 20.6. The van der Waals surface area contributed by atoms with E-state index in [1.165, 1.54) is 5.56 Å². The van der Waals surface area contributed by atoms with Crippen LogP contribution in [0.5, 0.6) is 5.75 Å². The minimum absolute atomic E-state index is 0. The van der Waals surface area contributed by atoms with E-state index >= 15 is 0 Å². The van der Waals surface area contributed by atoms with Gasteiger partial charge in [0.15, 0.2) is 5.96 Å². The molecule has 0 fully saturated rings. The van der Waals surface area contributed by atoms with Gasteiger partial charge in [-0.3, -0.25) is 4.68 Å². The normalized spacial score (nSPS) is 13.6. The highest BCUT2D eigenvalue weighted by Crippen LogP contribution is 2.19. The van der Waals surface area contributed by atoms with Crippen molar-refractivity contribution in [1.29, 1.82) is 0 Å². The van der Waals surface area contributed by atoms with Crippen molar-refractivity contribution in [2.24, 2.45) is 12.0 Å². The first kappa shape index (κ1) is 25.2. The van der Waals surface area contributed by atoms with Crippen LogP contribution in [0.2, 0.25) is 0 Å². The number of aryl methyl sites for hydroxylation is 1. The lowest BCUT2D eigenvalue weighted by atomic mass is 10.0. The van der Waals surface area contributed by atoms with Crippen LogP contribution in [0.4, 0.5) is 0 Å². The molecule has 0 aliphatic carbocycles. The molecule has 1 aromatic carbocycles. The number of nitrogens with one attached hydrogen (secondary N) is 2. The molecule has 7 nitrogen and oxygen atoms in total. The van der Waals surface area contributed by atoms with Gasteiger partial charge in [0.05, 0.1) is 18.8 Å². The SMILES string of the molecule is CCNC(=NCC(C)(O)c1cnn(C)c1)NCCc1ccc(OC(C)C)cc1.I. The van der Waals surface area contributed by atoms with E-state index in [9.17, 15) is 5.11 Å². The molecule has 0 saturated heterocycles. The van der Waals surface area contributed by atoms with Crippen molar-refractivity contribution < 1.29 is 9.84 Å². The number of hydrogen-bond donors (Lipinski definition) is 3. The fourth-order valence-electron chi connectivity index (χ4n) is 2.70. The van der Waals surface area contributed by atoms with Crippen LogP contribution in [0, 0.1) is 0 Å². The van der Waals surface area contributed by atoms with Crippen LogP contribution in [0.25, 0.3) is 0 Å². The average molecular weight is 515 g/mol. The van der Waals surface area contributed by atoms with Crippen molar-refractivity contribution >= 4 is 29.9 Å². The molecular formula is C21H34IN5O2. The molecule has 8 heteroatoms. The van der Waals surface area contributed by atoms with E-state index in [4.69, 9.17) is 4.74 Å². The molecule has 0 bridgehead atoms. The van der Waals surface area contributed by atoms with Gasteiger partial charge in [0.25, 0.3) is 0 Å². The minimum atomic E-state index is -1.07. The first-order valence-electron chi connectivity index (χ1n) is 9.79. The van der Waals surface area contributed by atoms with E-state index < -0.39 is 5.60 Å². The topological polar surface area (TPSA) is 83.7 Å². The molecule has 162 valence electrons. The molecule has 1 heterocycles. The number of halogens is 1. The molecule has 0 radical (unpaired) electrons. The highest BCUT2D eigenvalue weighted by atomic mass is 127. The van der Waals surface area contributed by atoms with E-state index in [1.807, 2.05) is 46.1 Å². The van der Waals surface area contributed by atoms with Gasteiger partial charge in [-0.1, -0.05) is 12.1 Å². The number of aliphatic hydroxyl groups is 1. The fourth-order valence-corrected chi connectivity index (χ4v) is 2.70. The van der Waals surface area contributed by atoms with Crippen LogP contribution in [0.15, 0.2) is 41.7 Å². The fraction of sp³-hybridized carbons (Fsp3) is 0.524. The molecule has 0 spiro atoms. The molecule has 0 amide bonds. The Balaban J connectivity index is 0.00000420. The van der Waals surface area contributed by atoms with Gasteiger partial charge in [0.1, 0.15) is 11.4 Å². The van der Waals surface area contributed by atoms with Crippen molar-refractivity contribution in [2.75, 3.05) is 19.6 Å². The van der Waals surface area contributed by atoms with Crippen LogP contribution in [0.1, 0.15) is 38.8 Å². The molecule has 29 heavy (non-hydrogen) atoms. The lowest BCUT2D eigenvalue weighted by molar-refractivity contribution is 0.0672. The Hall–Kier alpha value is -1.81. The minimum Gasteiger partial charge on any atom is -0.491 e. The number of aliphatic imine (C=N–C) groups is 1. The van der Waals surface area contributed by atoms with Crippen LogP contribution in [-0.4, -0.2) is 46.6 Å². The van der Waals surface area contributed by atoms with Crippen molar-refractivity contribution in [3.63, 3.8) is 0 Å². The van der Waals surface area contributed by atoms with E-state index in [0.717, 1.165) is 30.8 Å². The molecular weight excluding hydrogens is 481 g/mol. The van der Waals surface area contributed by atoms with E-state index in [-0.39, 0.29) is 36.6 Å². The van der Waals surface area contributed by atoms with Gasteiger partial charge in [-0.25, -0.2) is 4.99 Å². The highest BCUT2D eigenvalue weighted by molar-refractivity contribution is 14.0. The number of ether oxygens (including phenoxy) is 1. The maximum atomic E-state index is 10.7. The Labute approximate surface area is 191 Å². The van der Waals surface area contributed by atoms with Crippen molar-refractivity contribution in [2.45, 2.75) is 45.8 Å². The second-order valence-electron chi connectivity index (χ2n) is 7.36. The summed E-state index contributed by atoms with van der Waals surface area (Å²) in [7, 11) is 1.83. The summed E-state index contributed by atoms with van der Waals surface area (Å²) >= 11 is 0. The van der Waals surface area contributed by atoms with Gasteiger partial charge >= 0.3 is 0 Å². The molecule has 0 saturated carbocycles. The zero-order valence-corrected chi connectivity index (χ0v) is 20.3. The third-order valence-corrected chi connectivity index (χ3v) is 4.22. The monoisotopic (exact) mass is 515 g/mol. The second kappa shape index (κ2) is 12.0. The summed E-state index contributed by atoms with van der Waals surface area (Å²) in [5.41, 5.74) is 0.906. The van der Waals surface area contributed by atoms with Crippen molar-refractivity contribution in [3.05, 3.63) is 47.8 Å². The molecule has 0 aliphatic heterocycles. The number of nitrogens with zero attached hydrogens (tertiary/aromatic N) is 3. The Morgan fingerprint density at radius 1 is 1.28 bits per heavy atom. The molecule has 1 unspecified atom stereocenters. The molecule has 0 aliphatic rings. The lowest BCUT2D eigenvalue weighted by Gasteiger charge is -2.20. The molecule has 1 atom stereocenters. The Bertz CT molecular complexity index is 757. The van der Waals surface area contributed by atoms with Gasteiger partial charge in [-0.15, -0.1) is 24.0 Å². The predicted octanol–water partition coefficient (Wildman–Crippen LogP) is 2.83. The number of aromatic nitrogens is 2. The predicted molar refractivity (Wildman–Crippen MR) is 128 cm³/mol. The summed E-state index contributed by atoms with van der Waals surface area (Å²) in [5, 5.41) is 21.3. The van der Waals surface area contributed by atoms with E-state index in [1.54, 1.807) is 17.8 Å². The number of rotatable bonds is 9. The number of guanidine groups is 1. The molecule has 1 aromatic heterocycles. The summed E-state index contributed by atoms with van der Waals surface area (Å²) in [4.78, 5) is 4.54. The molecule has 3 N–H and O–H groups in total. The van der Waals surface area contributed by atoms with Gasteiger partial charge in [-0.2, -0.15) is 5.10 Å². The smallest absolute Gasteiger partial charge is 0.191 e. The summed E-state index contributed by atoms with van der Waals surface area (Å²) in [6.07, 6.45) is 4.52. The summed E-state index contributed by atoms with van der Waals surface area (Å²) in [6.45, 7) is 9.54. The maximum absolute atomic E-state index is 10.7. The summed E-state index contributed by atoms with van der Waals surface area (Å²) in [6, 6.07) is 8.16. The Morgan fingerprint density at radius 3 is 2.52 bits per heavy atom. The summed E-state index contributed by atoms with van der Waals surface area (Å²) < 4.78 is 7.35. The quantitative estimate of drug-likeness (QED) is 0.272. The van der Waals surface area contributed by atoms with Crippen molar-refractivity contribution in [1.82, 2.24) is 20.4 Å². The number of hydrogen-bond acceptors (Lipinski definition) is 4. The first-order valence-corrected chi connectivity index (χ1v) is 9.79. The van der Waals surface area contributed by atoms with Gasteiger partial charge < -0.3 is 20.5 Å². The van der Waals surface area contributed by atoms with E-state index in [2.05, 4.69) is 32.9 Å². The van der Waals surface area contributed by atoms with Crippen LogP contribution in [-0.2, 0) is 19.1 Å². The first-order chi connectivity index (χ1) is 13.3.